The van der Waals surface area contributed by atoms with Gasteiger partial charge in [0.05, 0.1) is 0 Å². The van der Waals surface area contributed by atoms with Crippen LogP contribution in [-0.4, -0.2) is 5.78 Å². The molecule has 1 saturated carbocycles. The third-order valence-corrected chi connectivity index (χ3v) is 3.73. The van der Waals surface area contributed by atoms with Crippen molar-refractivity contribution in [3.8, 4) is 0 Å². The molecule has 102 valence electrons. The largest absolute Gasteiger partial charge is 0.300 e. The van der Waals surface area contributed by atoms with E-state index < -0.39 is 6.08 Å². The number of halogens is 2. The Bertz CT molecular complexity index is 448. The smallest absolute Gasteiger partial charge is 0.266 e. The lowest BCUT2D eigenvalue weighted by molar-refractivity contribution is -0.120. The number of carbonyl (C=O) groups is 1. The van der Waals surface area contributed by atoms with Gasteiger partial charge in [-0.1, -0.05) is 24.3 Å². The van der Waals surface area contributed by atoms with E-state index in [4.69, 9.17) is 0 Å². The summed E-state index contributed by atoms with van der Waals surface area (Å²) in [4.78, 5) is 11.2. The number of hydrogen-bond donors (Lipinski definition) is 0. The van der Waals surface area contributed by atoms with Gasteiger partial charge in [0.15, 0.2) is 0 Å². The molecule has 1 aliphatic rings. The van der Waals surface area contributed by atoms with Crippen molar-refractivity contribution in [2.45, 2.75) is 44.4 Å². The first-order valence-electron chi connectivity index (χ1n) is 6.77. The highest BCUT2D eigenvalue weighted by Crippen LogP contribution is 2.31. The molecule has 1 aliphatic carbocycles. The molecule has 0 aromatic heterocycles. The number of benzene rings is 1. The topological polar surface area (TPSA) is 17.1 Å². The van der Waals surface area contributed by atoms with Gasteiger partial charge in [-0.15, -0.1) is 0 Å². The molecule has 0 N–H and O–H groups in total. The summed E-state index contributed by atoms with van der Waals surface area (Å²) in [5, 5.41) is 0. The van der Waals surface area contributed by atoms with Crippen molar-refractivity contribution in [3.05, 3.63) is 47.5 Å². The van der Waals surface area contributed by atoms with Crippen LogP contribution >= 0.6 is 0 Å². The maximum absolute atomic E-state index is 11.9. The quantitative estimate of drug-likeness (QED) is 0.775. The molecular formula is C16H18F2O. The van der Waals surface area contributed by atoms with Crippen LogP contribution in [0.25, 0.3) is 0 Å². The summed E-state index contributed by atoms with van der Waals surface area (Å²) in [6.07, 6.45) is 3.62. The molecule has 0 unspecified atom stereocenters. The molecule has 1 fully saturated rings. The van der Waals surface area contributed by atoms with Gasteiger partial charge in [-0.25, -0.2) is 0 Å². The van der Waals surface area contributed by atoms with E-state index in [0.29, 0.717) is 37.4 Å². The summed E-state index contributed by atoms with van der Waals surface area (Å²) < 4.78 is 23.8. The Morgan fingerprint density at radius 2 is 1.79 bits per heavy atom. The molecular weight excluding hydrogens is 246 g/mol. The van der Waals surface area contributed by atoms with E-state index >= 15 is 0 Å². The number of allylic oxidation sites excluding steroid dienone is 1. The number of aryl methyl sites for hydroxylation is 1. The molecule has 0 radical (unpaired) electrons. The van der Waals surface area contributed by atoms with Crippen LogP contribution < -0.4 is 0 Å². The molecule has 0 heterocycles. The average molecular weight is 264 g/mol. The molecule has 0 aliphatic heterocycles. The first-order chi connectivity index (χ1) is 9.15. The van der Waals surface area contributed by atoms with E-state index in [9.17, 15) is 13.6 Å². The van der Waals surface area contributed by atoms with Gasteiger partial charge in [0.25, 0.3) is 6.08 Å². The van der Waals surface area contributed by atoms with Crippen LogP contribution in [0.4, 0.5) is 8.78 Å². The van der Waals surface area contributed by atoms with Crippen LogP contribution in [0.15, 0.2) is 36.4 Å². The number of hydrogen-bond acceptors (Lipinski definition) is 1. The van der Waals surface area contributed by atoms with Gasteiger partial charge in [-0.05, 0) is 48.8 Å². The zero-order valence-corrected chi connectivity index (χ0v) is 10.9. The summed E-state index contributed by atoms with van der Waals surface area (Å²) in [5.74, 6) is 0.850. The molecule has 3 heteroatoms. The highest BCUT2D eigenvalue weighted by atomic mass is 19.3. The molecule has 0 amide bonds. The second-order valence-corrected chi connectivity index (χ2v) is 5.09. The van der Waals surface area contributed by atoms with Crippen LogP contribution in [0.5, 0.6) is 0 Å². The van der Waals surface area contributed by atoms with Gasteiger partial charge in [0.1, 0.15) is 5.78 Å². The fourth-order valence-corrected chi connectivity index (χ4v) is 2.58. The lowest BCUT2D eigenvalue weighted by Gasteiger charge is -2.21. The fraction of sp³-hybridized carbons (Fsp3) is 0.438. The number of carbonyl (C=O) groups excluding carboxylic acids is 1. The second kappa shape index (κ2) is 6.60. The van der Waals surface area contributed by atoms with E-state index in [0.717, 1.165) is 24.5 Å². The zero-order valence-electron chi connectivity index (χ0n) is 10.9. The highest BCUT2D eigenvalue weighted by molar-refractivity contribution is 5.79. The molecule has 0 saturated heterocycles. The summed E-state index contributed by atoms with van der Waals surface area (Å²) >= 11 is 0. The van der Waals surface area contributed by atoms with Crippen molar-refractivity contribution >= 4 is 5.78 Å². The Labute approximate surface area is 112 Å². The average Bonchev–Trinajstić information content (AvgIpc) is 2.40. The maximum atomic E-state index is 11.9. The van der Waals surface area contributed by atoms with E-state index in [2.05, 4.69) is 12.1 Å². The van der Waals surface area contributed by atoms with Crippen molar-refractivity contribution in [2.75, 3.05) is 0 Å². The van der Waals surface area contributed by atoms with Gasteiger partial charge in [-0.3, -0.25) is 4.79 Å². The van der Waals surface area contributed by atoms with Gasteiger partial charge in [0, 0.05) is 12.8 Å². The van der Waals surface area contributed by atoms with Gasteiger partial charge in [-0.2, -0.15) is 8.78 Å². The van der Waals surface area contributed by atoms with Gasteiger partial charge < -0.3 is 0 Å². The second-order valence-electron chi connectivity index (χ2n) is 5.09. The van der Waals surface area contributed by atoms with Crippen LogP contribution in [0.3, 0.4) is 0 Å². The SMILES string of the molecule is O=C1CCC(c2ccc(CCC=C(F)F)cc2)CC1. The summed E-state index contributed by atoms with van der Waals surface area (Å²) in [6, 6.07) is 8.17. The lowest BCUT2D eigenvalue weighted by atomic mass is 9.83. The molecule has 0 atom stereocenters. The Balaban J connectivity index is 1.91. The van der Waals surface area contributed by atoms with Crippen molar-refractivity contribution < 1.29 is 13.6 Å². The van der Waals surface area contributed by atoms with E-state index in [1.54, 1.807) is 0 Å². The number of ketones is 1. The normalized spacial score (nSPS) is 16.4. The first-order valence-corrected chi connectivity index (χ1v) is 6.77. The summed E-state index contributed by atoms with van der Waals surface area (Å²) in [7, 11) is 0. The van der Waals surface area contributed by atoms with Crippen LogP contribution in [-0.2, 0) is 11.2 Å². The van der Waals surface area contributed by atoms with Crippen molar-refractivity contribution in [2.24, 2.45) is 0 Å². The fourth-order valence-electron chi connectivity index (χ4n) is 2.58. The number of Topliss-reactive ketones (excluding diaryl/α,β-unsaturated/α-hetero) is 1. The molecule has 19 heavy (non-hydrogen) atoms. The molecule has 1 aromatic rings. The van der Waals surface area contributed by atoms with Gasteiger partial charge in [0.2, 0.25) is 0 Å². The minimum Gasteiger partial charge on any atom is -0.300 e. The summed E-state index contributed by atoms with van der Waals surface area (Å²) in [5.41, 5.74) is 2.34. The third kappa shape index (κ3) is 4.27. The third-order valence-electron chi connectivity index (χ3n) is 3.73. The van der Waals surface area contributed by atoms with E-state index in [1.165, 1.54) is 5.56 Å². The first kappa shape index (κ1) is 13.9. The Morgan fingerprint density at radius 1 is 1.16 bits per heavy atom. The summed E-state index contributed by atoms with van der Waals surface area (Å²) in [6.45, 7) is 0. The molecule has 0 spiro atoms. The lowest BCUT2D eigenvalue weighted by Crippen LogP contribution is -2.12. The maximum Gasteiger partial charge on any atom is 0.266 e. The monoisotopic (exact) mass is 264 g/mol. The standard InChI is InChI=1S/C16H18F2O/c17-16(18)3-1-2-12-4-6-13(7-5-12)14-8-10-15(19)11-9-14/h3-7,14H,1-2,8-11H2. The van der Waals surface area contributed by atoms with E-state index in [1.807, 2.05) is 12.1 Å². The Hall–Kier alpha value is -1.51. The predicted molar refractivity (Wildman–Crippen MR) is 71.3 cm³/mol. The molecule has 1 nitrogen and oxygen atoms in total. The Morgan fingerprint density at radius 3 is 2.37 bits per heavy atom. The Kier molecular flexibility index (Phi) is 4.83. The molecule has 2 rings (SSSR count). The zero-order chi connectivity index (χ0) is 13.7. The van der Waals surface area contributed by atoms with Crippen molar-refractivity contribution in [3.63, 3.8) is 0 Å². The van der Waals surface area contributed by atoms with Crippen molar-refractivity contribution in [1.29, 1.82) is 0 Å². The van der Waals surface area contributed by atoms with Gasteiger partial charge >= 0.3 is 0 Å². The predicted octanol–water partition coefficient (Wildman–Crippen LogP) is 4.63. The van der Waals surface area contributed by atoms with Crippen LogP contribution in [0, 0.1) is 0 Å². The molecule has 1 aromatic carbocycles. The number of rotatable bonds is 4. The van der Waals surface area contributed by atoms with Crippen LogP contribution in [0.2, 0.25) is 0 Å². The molecule has 0 bridgehead atoms. The highest BCUT2D eigenvalue weighted by Gasteiger charge is 2.19. The van der Waals surface area contributed by atoms with E-state index in [-0.39, 0.29) is 0 Å². The minimum atomic E-state index is -1.61. The van der Waals surface area contributed by atoms with Crippen LogP contribution in [0.1, 0.15) is 49.1 Å². The van der Waals surface area contributed by atoms with Crippen molar-refractivity contribution in [1.82, 2.24) is 0 Å². The minimum absolute atomic E-state index is 0.368.